The van der Waals surface area contributed by atoms with Crippen LogP contribution in [0.4, 0.5) is 5.69 Å². The maximum absolute atomic E-state index is 11.3. The lowest BCUT2D eigenvalue weighted by molar-refractivity contribution is -0.673. The van der Waals surface area contributed by atoms with Crippen LogP contribution in [-0.4, -0.2) is 37.6 Å². The molecule has 0 saturated carbocycles. The van der Waals surface area contributed by atoms with Crippen molar-refractivity contribution in [1.82, 2.24) is 0 Å². The molecule has 1 aliphatic rings. The van der Waals surface area contributed by atoms with Gasteiger partial charge in [0.25, 0.3) is 10.1 Å². The van der Waals surface area contributed by atoms with Crippen molar-refractivity contribution < 1.29 is 36.9 Å². The number of para-hydroxylation sites is 2. The van der Waals surface area contributed by atoms with Gasteiger partial charge >= 0.3 is 0 Å². The zero-order valence-corrected chi connectivity index (χ0v) is 25.2. The van der Waals surface area contributed by atoms with Gasteiger partial charge in [-0.15, -0.1) is 4.33 Å². The summed E-state index contributed by atoms with van der Waals surface area (Å²) in [7, 11) is -2.40. The van der Waals surface area contributed by atoms with E-state index in [2.05, 4.69) is 57.0 Å². The largest absolute Gasteiger partial charge is 0.497 e. The number of hydrogen-bond donors (Lipinski definition) is 2. The Balaban J connectivity index is 1.55. The van der Waals surface area contributed by atoms with Crippen LogP contribution < -0.4 is 14.2 Å². The highest BCUT2D eigenvalue weighted by Gasteiger charge is 2.26. The Labute approximate surface area is 255 Å². The fourth-order valence-corrected chi connectivity index (χ4v) is 6.39. The summed E-state index contributed by atoms with van der Waals surface area (Å²) in [6.45, 7) is 1.05. The van der Waals surface area contributed by atoms with Crippen LogP contribution in [0, 0.1) is 0 Å². The number of allylic oxidation sites excluding steroid dienone is 1. The van der Waals surface area contributed by atoms with Crippen molar-refractivity contribution in [2.45, 2.75) is 24.6 Å². The molecule has 224 valence electrons. The molecule has 3 aromatic carbocycles. The van der Waals surface area contributed by atoms with Crippen LogP contribution >= 0.6 is 12.0 Å². The van der Waals surface area contributed by atoms with Crippen LogP contribution in [0.2, 0.25) is 0 Å². The fourth-order valence-electron chi connectivity index (χ4n) is 5.21. The van der Waals surface area contributed by atoms with Gasteiger partial charge in [-0.3, -0.25) is 4.55 Å². The van der Waals surface area contributed by atoms with Crippen molar-refractivity contribution in [2.24, 2.45) is 0 Å². The summed E-state index contributed by atoms with van der Waals surface area (Å²) < 4.78 is 44.3. The predicted octanol–water partition coefficient (Wildman–Crippen LogP) is 6.49. The van der Waals surface area contributed by atoms with E-state index in [1.807, 2.05) is 60.7 Å². The topological polar surface area (TPSA) is 109 Å². The van der Waals surface area contributed by atoms with E-state index in [1.165, 1.54) is 0 Å². The number of rotatable bonds is 13. The molecule has 5 rings (SSSR count). The minimum absolute atomic E-state index is 0.259. The second kappa shape index (κ2) is 14.2. The maximum Gasteiger partial charge on any atom is 0.264 e. The summed E-state index contributed by atoms with van der Waals surface area (Å²) in [5, 5.41) is 13.7. The summed E-state index contributed by atoms with van der Waals surface area (Å²) in [4.78, 5) is 2.18. The zero-order chi connectivity index (χ0) is 30.2. The Morgan fingerprint density at radius 3 is 2.49 bits per heavy atom. The third kappa shape index (κ3) is 7.82. The normalized spacial score (nSPS) is 14.7. The zero-order valence-electron chi connectivity index (χ0n) is 23.6. The van der Waals surface area contributed by atoms with Crippen LogP contribution in [0.25, 0.3) is 23.1 Å². The first kappa shape index (κ1) is 30.7. The Kier molecular flexibility index (Phi) is 10.1. The van der Waals surface area contributed by atoms with Crippen molar-refractivity contribution >= 4 is 50.9 Å². The molecule has 11 heteroatoms. The molecular formula is C32H33N2O7S2+. The molecule has 1 atom stereocenters. The van der Waals surface area contributed by atoms with E-state index >= 15 is 0 Å². The third-order valence-corrected chi connectivity index (χ3v) is 8.89. The lowest BCUT2D eigenvalue weighted by Crippen LogP contribution is -2.40. The van der Waals surface area contributed by atoms with E-state index in [9.17, 15) is 13.0 Å². The van der Waals surface area contributed by atoms with Gasteiger partial charge in [0.05, 0.1) is 12.9 Å². The van der Waals surface area contributed by atoms with Gasteiger partial charge in [-0.1, -0.05) is 53.6 Å². The number of pyridine rings is 1. The number of fused-ring (bicyclic) bond motifs is 2. The van der Waals surface area contributed by atoms with Gasteiger partial charge in [0.2, 0.25) is 11.2 Å². The average Bonchev–Trinajstić information content (AvgIpc) is 3.02. The van der Waals surface area contributed by atoms with Crippen LogP contribution in [-0.2, 0) is 26.0 Å². The van der Waals surface area contributed by atoms with Gasteiger partial charge in [0, 0.05) is 53.6 Å². The lowest BCUT2D eigenvalue weighted by atomic mass is 10.0. The predicted molar refractivity (Wildman–Crippen MR) is 169 cm³/mol. The Hall–Kier alpha value is -3.71. The number of anilines is 1. The van der Waals surface area contributed by atoms with Gasteiger partial charge in [0.1, 0.15) is 11.0 Å². The standard InChI is InChI=1S/C32H32N2O7S2/c1-39-29-18-14-26(15-19-29)32(42-41-40-35)23-34-28(17-13-25-9-3-5-11-31(25)34)22-27-16-12-24-8-2-4-10-30(24)33(27)20-6-7-21-43(36,37)38/h2-5,8-19,22,32H,6-7,20-21,23H2,1H3,(H-,35,36,37,38)/p+1. The van der Waals surface area contributed by atoms with Crippen LogP contribution in [0.5, 0.6) is 5.75 Å². The van der Waals surface area contributed by atoms with Crippen LogP contribution in [0.1, 0.15) is 34.9 Å². The molecule has 43 heavy (non-hydrogen) atoms. The first-order valence-corrected chi connectivity index (χ1v) is 16.2. The average molecular weight is 622 g/mol. The van der Waals surface area contributed by atoms with Crippen molar-refractivity contribution in [3.63, 3.8) is 0 Å². The van der Waals surface area contributed by atoms with Crippen LogP contribution in [0.15, 0.2) is 96.7 Å². The minimum atomic E-state index is -4.02. The van der Waals surface area contributed by atoms with E-state index in [4.69, 9.17) is 14.3 Å². The molecule has 0 spiro atoms. The van der Waals surface area contributed by atoms with E-state index in [0.29, 0.717) is 25.9 Å². The van der Waals surface area contributed by atoms with Crippen molar-refractivity contribution in [1.29, 1.82) is 0 Å². The molecule has 2 N–H and O–H groups in total. The van der Waals surface area contributed by atoms with Gasteiger partial charge in [-0.2, -0.15) is 13.0 Å². The van der Waals surface area contributed by atoms with Crippen molar-refractivity contribution in [2.75, 3.05) is 24.3 Å². The first-order chi connectivity index (χ1) is 20.9. The Morgan fingerprint density at radius 2 is 1.72 bits per heavy atom. The van der Waals surface area contributed by atoms with Gasteiger partial charge < -0.3 is 9.64 Å². The van der Waals surface area contributed by atoms with Crippen molar-refractivity contribution in [3.8, 4) is 5.75 Å². The molecule has 1 aliphatic heterocycles. The summed E-state index contributed by atoms with van der Waals surface area (Å²) in [5.41, 5.74) is 5.94. The van der Waals surface area contributed by atoms with Gasteiger partial charge in [-0.25, -0.2) is 5.26 Å². The second-order valence-corrected chi connectivity index (χ2v) is 12.5. The highest BCUT2D eigenvalue weighted by atomic mass is 32.2. The molecule has 0 fully saturated rings. The second-order valence-electron chi connectivity index (χ2n) is 10.0. The summed E-state index contributed by atoms with van der Waals surface area (Å²) in [5.74, 6) is 0.461. The quantitative estimate of drug-likeness (QED) is 0.0432. The summed E-state index contributed by atoms with van der Waals surface area (Å²) >= 11 is 1.00. The molecule has 1 unspecified atom stereocenters. The minimum Gasteiger partial charge on any atom is -0.497 e. The van der Waals surface area contributed by atoms with Crippen molar-refractivity contribution in [3.05, 3.63) is 114 Å². The van der Waals surface area contributed by atoms with E-state index in [0.717, 1.165) is 56.9 Å². The molecule has 0 saturated heterocycles. The third-order valence-electron chi connectivity index (χ3n) is 7.30. The molecule has 9 nitrogen and oxygen atoms in total. The van der Waals surface area contributed by atoms with E-state index < -0.39 is 10.1 Å². The van der Waals surface area contributed by atoms with E-state index in [-0.39, 0.29) is 11.0 Å². The summed E-state index contributed by atoms with van der Waals surface area (Å²) in [6, 6.07) is 28.0. The van der Waals surface area contributed by atoms with Crippen LogP contribution in [0.3, 0.4) is 0 Å². The number of aromatic nitrogens is 1. The molecule has 1 aromatic heterocycles. The molecular weight excluding hydrogens is 588 g/mol. The fraction of sp³-hybridized carbons (Fsp3) is 0.219. The molecule has 2 heterocycles. The first-order valence-electron chi connectivity index (χ1n) is 13.8. The highest BCUT2D eigenvalue weighted by molar-refractivity contribution is 7.94. The van der Waals surface area contributed by atoms with Gasteiger partial charge in [-0.05, 0) is 60.4 Å². The molecule has 0 amide bonds. The lowest BCUT2D eigenvalue weighted by Gasteiger charge is -2.30. The molecule has 4 aromatic rings. The number of benzene rings is 3. The number of hydrogen-bond acceptors (Lipinski definition) is 8. The Bertz CT molecular complexity index is 1720. The van der Waals surface area contributed by atoms with E-state index in [1.54, 1.807) is 7.11 Å². The molecule has 0 radical (unpaired) electrons. The Morgan fingerprint density at radius 1 is 0.953 bits per heavy atom. The molecule has 0 aliphatic carbocycles. The number of methoxy groups -OCH3 is 1. The smallest absolute Gasteiger partial charge is 0.264 e. The van der Waals surface area contributed by atoms with Gasteiger partial charge in [0.15, 0.2) is 6.54 Å². The number of nitrogens with zero attached hydrogens (tertiary/aromatic N) is 2. The highest BCUT2D eigenvalue weighted by Crippen LogP contribution is 2.34. The SMILES string of the molecule is COc1ccc(C(C[n+]2c(C=C3C=Cc4ccccc4N3CCCCS(=O)(=O)O)ccc3ccccc32)SOOO)cc1. The monoisotopic (exact) mass is 621 g/mol. The molecule has 0 bridgehead atoms. The summed E-state index contributed by atoms with van der Waals surface area (Å²) in [6.07, 6.45) is 7.16. The maximum atomic E-state index is 11.3. The number of ether oxygens (including phenoxy) is 1. The number of unbranched alkanes of at least 4 members (excludes halogenated alkanes) is 1.